The summed E-state index contributed by atoms with van der Waals surface area (Å²) in [4.78, 5) is 32.0. The van der Waals surface area contributed by atoms with Gasteiger partial charge in [0.15, 0.2) is 12.4 Å². The maximum atomic E-state index is 10.8. The van der Waals surface area contributed by atoms with Crippen LogP contribution in [-0.2, 0) is 9.59 Å². The minimum absolute atomic E-state index is 0.196. The molecule has 0 spiro atoms. The first kappa shape index (κ1) is 12.4. The molecule has 1 amide bonds. The number of hydrogen-bond acceptors (Lipinski definition) is 3. The zero-order valence-corrected chi connectivity index (χ0v) is 8.53. The number of nitrogens with zero attached hydrogens (tertiary/aromatic N) is 1. The maximum absolute atomic E-state index is 10.8. The van der Waals surface area contributed by atoms with Gasteiger partial charge in [0.2, 0.25) is 5.91 Å². The van der Waals surface area contributed by atoms with Crippen molar-refractivity contribution in [3.05, 3.63) is 36.2 Å². The average molecular weight is 237 g/mol. The van der Waals surface area contributed by atoms with Gasteiger partial charge in [-0.2, -0.15) is 4.57 Å². The van der Waals surface area contributed by atoms with Crippen LogP contribution in [0.5, 0.6) is 0 Å². The fourth-order valence-electron chi connectivity index (χ4n) is 1.11. The Morgan fingerprint density at radius 1 is 1.18 bits per heavy atom. The smallest absolute Gasteiger partial charge is 0.402 e. The molecule has 1 heterocycles. The largest absolute Gasteiger partial charge is 0.478 e. The van der Waals surface area contributed by atoms with Crippen LogP contribution >= 0.6 is 0 Å². The van der Waals surface area contributed by atoms with Gasteiger partial charge in [-0.15, -0.1) is 0 Å². The van der Waals surface area contributed by atoms with Gasteiger partial charge in [0, 0.05) is 12.1 Å². The van der Waals surface area contributed by atoms with Crippen molar-refractivity contribution in [2.45, 2.75) is 0 Å². The van der Waals surface area contributed by atoms with Crippen LogP contribution in [0.3, 0.4) is 0 Å². The van der Waals surface area contributed by atoms with Crippen molar-refractivity contribution < 1.29 is 29.2 Å². The van der Waals surface area contributed by atoms with Gasteiger partial charge >= 0.3 is 17.6 Å². The Bertz CT molecular complexity index is 504. The van der Waals surface area contributed by atoms with Gasteiger partial charge in [-0.3, -0.25) is 4.79 Å². The Morgan fingerprint density at radius 2 is 1.71 bits per heavy atom. The number of pyridine rings is 1. The van der Waals surface area contributed by atoms with Gasteiger partial charge in [-0.1, -0.05) is 0 Å². The normalized spacial score (nSPS) is 10.9. The molecule has 0 unspecified atom stereocenters. The van der Waals surface area contributed by atoms with E-state index in [2.05, 4.69) is 0 Å². The second-order valence-electron chi connectivity index (χ2n) is 3.03. The Hall–Kier alpha value is -2.70. The molecule has 0 saturated heterocycles. The van der Waals surface area contributed by atoms with Crippen LogP contribution in [0, 0.1) is 0 Å². The monoisotopic (exact) mass is 237 g/mol. The highest BCUT2D eigenvalue weighted by Gasteiger charge is 2.20. The maximum Gasteiger partial charge on any atom is 0.402 e. The third kappa shape index (κ3) is 3.13. The SMILES string of the molecule is NC(=O)c1cc[n+](/C(=C\C(=O)O)C(=O)O)cc1. The summed E-state index contributed by atoms with van der Waals surface area (Å²) in [5, 5.41) is 17.3. The Kier molecular flexibility index (Phi) is 3.55. The van der Waals surface area contributed by atoms with Crippen molar-refractivity contribution in [2.75, 3.05) is 0 Å². The summed E-state index contributed by atoms with van der Waals surface area (Å²) in [7, 11) is 0. The first-order valence-electron chi connectivity index (χ1n) is 4.41. The van der Waals surface area contributed by atoms with E-state index in [9.17, 15) is 14.4 Å². The number of primary amides is 1. The Balaban J connectivity index is 3.17. The highest BCUT2D eigenvalue weighted by molar-refractivity contribution is 6.09. The van der Waals surface area contributed by atoms with Crippen LogP contribution in [-0.4, -0.2) is 28.1 Å². The van der Waals surface area contributed by atoms with Crippen molar-refractivity contribution in [1.82, 2.24) is 0 Å². The van der Waals surface area contributed by atoms with E-state index in [1.807, 2.05) is 0 Å². The molecule has 7 nitrogen and oxygen atoms in total. The molecular formula is C10H9N2O5+. The predicted molar refractivity (Wildman–Crippen MR) is 54.7 cm³/mol. The van der Waals surface area contributed by atoms with Crippen molar-refractivity contribution in [1.29, 1.82) is 0 Å². The van der Waals surface area contributed by atoms with E-state index in [4.69, 9.17) is 15.9 Å². The number of carboxylic acid groups (broad SMARTS) is 2. The molecule has 1 rings (SSSR count). The Morgan fingerprint density at radius 3 is 2.06 bits per heavy atom. The van der Waals surface area contributed by atoms with E-state index < -0.39 is 23.5 Å². The minimum Gasteiger partial charge on any atom is -0.478 e. The standard InChI is InChI=1S/C10H8N2O5/c11-9(15)6-1-3-12(4-2-6)7(10(16)17)5-8(13)14/h1-5H,(H3-,11,13,14,15,16,17)/p+1/b7-5-. The van der Waals surface area contributed by atoms with Gasteiger partial charge < -0.3 is 15.9 Å². The molecular weight excluding hydrogens is 228 g/mol. The van der Waals surface area contributed by atoms with Crippen LogP contribution in [0.15, 0.2) is 30.6 Å². The first-order chi connectivity index (χ1) is 7.91. The van der Waals surface area contributed by atoms with Gasteiger partial charge in [-0.25, -0.2) is 9.59 Å². The summed E-state index contributed by atoms with van der Waals surface area (Å²) in [6.45, 7) is 0. The van der Waals surface area contributed by atoms with E-state index >= 15 is 0 Å². The minimum atomic E-state index is -1.40. The number of hydrogen-bond donors (Lipinski definition) is 3. The number of aliphatic carboxylic acids is 2. The number of aromatic nitrogens is 1. The summed E-state index contributed by atoms with van der Waals surface area (Å²) < 4.78 is 1.06. The molecule has 0 atom stereocenters. The zero-order chi connectivity index (χ0) is 13.0. The van der Waals surface area contributed by atoms with Crippen molar-refractivity contribution >= 4 is 23.5 Å². The topological polar surface area (TPSA) is 122 Å². The second kappa shape index (κ2) is 4.88. The molecule has 0 bridgehead atoms. The summed E-state index contributed by atoms with van der Waals surface area (Å²) in [5.74, 6) is -3.44. The van der Waals surface area contributed by atoms with Crippen LogP contribution in [0.4, 0.5) is 0 Å². The molecule has 1 aromatic heterocycles. The molecule has 0 radical (unpaired) electrons. The highest BCUT2D eigenvalue weighted by atomic mass is 16.4. The molecule has 0 saturated carbocycles. The van der Waals surface area contributed by atoms with Gasteiger partial charge in [0.1, 0.15) is 6.08 Å². The van der Waals surface area contributed by atoms with E-state index in [1.165, 1.54) is 24.5 Å². The van der Waals surface area contributed by atoms with E-state index in [0.29, 0.717) is 6.08 Å². The molecule has 17 heavy (non-hydrogen) atoms. The molecule has 7 heteroatoms. The third-order valence-electron chi connectivity index (χ3n) is 1.87. The van der Waals surface area contributed by atoms with E-state index in [-0.39, 0.29) is 5.56 Å². The molecule has 88 valence electrons. The van der Waals surface area contributed by atoms with Gasteiger partial charge in [0.05, 0.1) is 5.56 Å². The van der Waals surface area contributed by atoms with Crippen LogP contribution < -0.4 is 10.3 Å². The van der Waals surface area contributed by atoms with Crippen molar-refractivity contribution in [3.63, 3.8) is 0 Å². The molecule has 4 N–H and O–H groups in total. The molecule has 0 aromatic carbocycles. The summed E-state index contributed by atoms with van der Waals surface area (Å²) >= 11 is 0. The van der Waals surface area contributed by atoms with Crippen LogP contribution in [0.25, 0.3) is 5.70 Å². The number of amides is 1. The zero-order valence-electron chi connectivity index (χ0n) is 8.53. The fourth-order valence-corrected chi connectivity index (χ4v) is 1.11. The average Bonchev–Trinajstić information content (AvgIpc) is 2.25. The lowest BCUT2D eigenvalue weighted by molar-refractivity contribution is -0.578. The lowest BCUT2D eigenvalue weighted by Gasteiger charge is -1.96. The van der Waals surface area contributed by atoms with Crippen molar-refractivity contribution in [3.8, 4) is 0 Å². The third-order valence-corrected chi connectivity index (χ3v) is 1.87. The van der Waals surface area contributed by atoms with Gasteiger partial charge in [-0.05, 0) is 0 Å². The predicted octanol–water partition coefficient (Wildman–Crippen LogP) is -0.917. The van der Waals surface area contributed by atoms with Crippen LogP contribution in [0.1, 0.15) is 10.4 Å². The molecule has 0 fully saturated rings. The summed E-state index contributed by atoms with van der Waals surface area (Å²) in [6.07, 6.45) is 3.03. The lowest BCUT2D eigenvalue weighted by atomic mass is 10.2. The highest BCUT2D eigenvalue weighted by Crippen LogP contribution is 1.98. The second-order valence-corrected chi connectivity index (χ2v) is 3.03. The Labute approximate surface area is 95.4 Å². The van der Waals surface area contributed by atoms with Crippen LogP contribution in [0.2, 0.25) is 0 Å². The summed E-state index contributed by atoms with van der Waals surface area (Å²) in [6, 6.07) is 2.59. The molecule has 1 aromatic rings. The van der Waals surface area contributed by atoms with Gasteiger partial charge in [0.25, 0.3) is 0 Å². The first-order valence-corrected chi connectivity index (χ1v) is 4.41. The number of carboxylic acids is 2. The lowest BCUT2D eigenvalue weighted by Crippen LogP contribution is -2.36. The number of nitrogens with two attached hydrogens (primary N) is 1. The van der Waals surface area contributed by atoms with Crippen molar-refractivity contribution in [2.24, 2.45) is 5.73 Å². The number of carbonyl (C=O) groups excluding carboxylic acids is 1. The summed E-state index contributed by atoms with van der Waals surface area (Å²) in [5.41, 5.74) is 4.75. The molecule has 0 aliphatic rings. The quantitative estimate of drug-likeness (QED) is 0.462. The molecule has 0 aliphatic heterocycles. The number of rotatable bonds is 4. The fraction of sp³-hybridized carbons (Fsp3) is 0. The number of carbonyl (C=O) groups is 3. The van der Waals surface area contributed by atoms with E-state index in [1.54, 1.807) is 0 Å². The van der Waals surface area contributed by atoms with E-state index in [0.717, 1.165) is 4.57 Å². The molecule has 0 aliphatic carbocycles.